The summed E-state index contributed by atoms with van der Waals surface area (Å²) in [5, 5.41) is 0. The van der Waals surface area contributed by atoms with Crippen molar-refractivity contribution in [2.24, 2.45) is 0 Å². The predicted octanol–water partition coefficient (Wildman–Crippen LogP) is -12.9. The van der Waals surface area contributed by atoms with E-state index < -0.39 is 0 Å². The van der Waals surface area contributed by atoms with Crippen molar-refractivity contribution in [3.63, 3.8) is 0 Å². The Labute approximate surface area is 135 Å². The van der Waals surface area contributed by atoms with Gasteiger partial charge in [-0.3, -0.25) is 0 Å². The SMILES string of the molecule is BBB(B)B(B(B(B)B)B(B)B)B(B(B)B)B(B)B. The lowest BCUT2D eigenvalue weighted by molar-refractivity contribution is 3.34. The summed E-state index contributed by atoms with van der Waals surface area (Å²) in [4.78, 5) is 0. The molecule has 0 atom stereocenters. The van der Waals surface area contributed by atoms with Gasteiger partial charge in [-0.15, -0.1) is 0 Å². The minimum atomic E-state index is 0.791. The van der Waals surface area contributed by atoms with Crippen molar-refractivity contribution >= 4 is 136 Å². The molecule has 19 heteroatoms. The highest BCUT2D eigenvalue weighted by Crippen LogP contribution is 2.04. The van der Waals surface area contributed by atoms with Crippen LogP contribution in [0.3, 0.4) is 0 Å². The number of rotatable bonds is 8. The molecule has 0 spiro atoms. The molecule has 0 saturated carbocycles. The normalized spacial score (nSPS) is 9.05. The molecule has 0 N–H and O–H groups in total. The molecule has 0 aromatic rings. The Balaban J connectivity index is 5.50. The van der Waals surface area contributed by atoms with Gasteiger partial charge in [0.05, 0.1) is 77.4 Å². The van der Waals surface area contributed by atoms with E-state index in [1.54, 1.807) is 0 Å². The van der Waals surface area contributed by atoms with Crippen molar-refractivity contribution in [1.82, 2.24) is 0 Å². The molecule has 0 unspecified atom stereocenters. The molecule has 19 heavy (non-hydrogen) atoms. The molecule has 0 radical (unpaired) electrons. The van der Waals surface area contributed by atoms with Crippen LogP contribution in [0, 0.1) is 0 Å². The van der Waals surface area contributed by atoms with Gasteiger partial charge in [0.15, 0.2) is 0 Å². The summed E-state index contributed by atoms with van der Waals surface area (Å²) in [6.45, 7) is 0. The van der Waals surface area contributed by atoms with Gasteiger partial charge in [0, 0.05) is 58.1 Å². The highest BCUT2D eigenvalue weighted by molar-refractivity contribution is 8.18. The second-order valence-electron chi connectivity index (χ2n) is 8.09. The van der Waals surface area contributed by atoms with Crippen LogP contribution < -0.4 is 0 Å². The van der Waals surface area contributed by atoms with Gasteiger partial charge in [-0.25, -0.2) is 0 Å². The Hall–Kier alpha value is 1.23. The molecule has 0 rings (SSSR count). The van der Waals surface area contributed by atoms with Gasteiger partial charge in [-0.1, -0.05) is 0 Å². The standard InChI is InChI=1S/B19H21/c1-11-16(10)19(17(12(2)3)13(4)5)18(14(6)7)15(8)9/h11H,1-10H2. The maximum atomic E-state index is 2.49. The minimum absolute atomic E-state index is 0.791. The largest absolute Gasteiger partial charge is 0.0594 e. The number of hydrogen-bond acceptors (Lipinski definition) is 0. The third-order valence-corrected chi connectivity index (χ3v) is 5.27. The van der Waals surface area contributed by atoms with Gasteiger partial charge in [-0.05, 0) is 0 Å². The van der Waals surface area contributed by atoms with Gasteiger partial charge in [0.1, 0.15) is 0 Å². The fraction of sp³-hybridized carbons (Fsp3) is 0. The lowest BCUT2D eigenvalue weighted by Crippen LogP contribution is -2.79. The van der Waals surface area contributed by atoms with Crippen molar-refractivity contribution < 1.29 is 0 Å². The topological polar surface area (TPSA) is 0 Å². The summed E-state index contributed by atoms with van der Waals surface area (Å²) in [6, 6.07) is 0. The van der Waals surface area contributed by atoms with Crippen molar-refractivity contribution in [3.8, 4) is 0 Å². The third kappa shape index (κ3) is 5.86. The van der Waals surface area contributed by atoms with E-state index in [1.165, 1.54) is 7.06 Å². The van der Waals surface area contributed by atoms with E-state index in [1.807, 2.05) is 0 Å². The number of hydrogen-bond donors (Lipinski definition) is 0. The highest BCUT2D eigenvalue weighted by Gasteiger charge is 2.44. The smallest absolute Gasteiger partial charge is 0.00142 e. The maximum absolute atomic E-state index is 2.49. The Kier molecular flexibility index (Phi) is 9.90. The summed E-state index contributed by atoms with van der Waals surface area (Å²) < 4.78 is 0. The maximum Gasteiger partial charge on any atom is 0.0594 e. The molecule has 0 bridgehead atoms. The molecule has 0 aromatic carbocycles. The van der Waals surface area contributed by atoms with Crippen LogP contribution in [0.15, 0.2) is 0 Å². The first-order valence-electron chi connectivity index (χ1n) is 8.64. The fourth-order valence-electron chi connectivity index (χ4n) is 4.60. The van der Waals surface area contributed by atoms with Gasteiger partial charge >= 0.3 is 0 Å². The van der Waals surface area contributed by atoms with E-state index in [0.717, 1.165) is 51.1 Å². The Bertz CT molecular complexity index is 188. The van der Waals surface area contributed by atoms with Gasteiger partial charge in [0.25, 0.3) is 0 Å². The van der Waals surface area contributed by atoms with Gasteiger partial charge in [0.2, 0.25) is 0 Å². The lowest BCUT2D eigenvalue weighted by atomic mass is 8.40. The Morgan fingerprint density at radius 1 is 0.474 bits per heavy atom. The van der Waals surface area contributed by atoms with Crippen LogP contribution >= 0.6 is 0 Å². The molecule has 78 valence electrons. The van der Waals surface area contributed by atoms with Crippen molar-refractivity contribution in [2.75, 3.05) is 0 Å². The second kappa shape index (κ2) is 9.29. The monoisotopic (exact) mass is 230 g/mol. The zero-order valence-electron chi connectivity index (χ0n) is 15.3. The first kappa shape index (κ1) is 20.2. The van der Waals surface area contributed by atoms with Crippen LogP contribution in [-0.4, -0.2) is 136 Å². The molecule has 0 heterocycles. The molecular weight excluding hydrogens is 205 g/mol. The molecule has 0 saturated heterocycles. The Morgan fingerprint density at radius 2 is 0.737 bits per heavy atom. The zero-order chi connectivity index (χ0) is 15.3. The molecule has 0 aliphatic carbocycles. The van der Waals surface area contributed by atoms with Crippen molar-refractivity contribution in [2.45, 2.75) is 0 Å². The van der Waals surface area contributed by atoms with Crippen molar-refractivity contribution in [1.29, 1.82) is 0 Å². The molecule has 0 fully saturated rings. The van der Waals surface area contributed by atoms with Crippen LogP contribution in [0.4, 0.5) is 0 Å². The summed E-state index contributed by atoms with van der Waals surface area (Å²) >= 11 is 0. The van der Waals surface area contributed by atoms with Crippen molar-refractivity contribution in [3.05, 3.63) is 0 Å². The predicted molar refractivity (Wildman–Crippen MR) is 139 cm³/mol. The van der Waals surface area contributed by atoms with E-state index in [2.05, 4.69) is 77.4 Å². The van der Waals surface area contributed by atoms with Gasteiger partial charge < -0.3 is 0 Å². The molecule has 0 aliphatic heterocycles. The second-order valence-corrected chi connectivity index (χ2v) is 8.09. The lowest BCUT2D eigenvalue weighted by Gasteiger charge is -2.40. The molecule has 0 amide bonds. The molecule has 0 aliphatic rings. The zero-order valence-corrected chi connectivity index (χ0v) is 15.3. The first-order chi connectivity index (χ1) is 8.64. The Morgan fingerprint density at radius 3 is 0.895 bits per heavy atom. The van der Waals surface area contributed by atoms with Crippen LogP contribution in [0.5, 0.6) is 0 Å². The minimum Gasteiger partial charge on any atom is 0.00142 e. The molecule has 0 nitrogen and oxygen atoms in total. The van der Waals surface area contributed by atoms with E-state index in [9.17, 15) is 0 Å². The molecule has 0 aromatic heterocycles. The van der Waals surface area contributed by atoms with Gasteiger partial charge in [-0.2, -0.15) is 0 Å². The summed E-state index contributed by atoms with van der Waals surface area (Å²) in [6.07, 6.45) is 6.57. The third-order valence-electron chi connectivity index (χ3n) is 5.27. The van der Waals surface area contributed by atoms with Crippen LogP contribution in [0.1, 0.15) is 0 Å². The van der Waals surface area contributed by atoms with Crippen LogP contribution in [0.2, 0.25) is 0 Å². The average Bonchev–Trinajstić information content (AvgIpc) is 2.24. The first-order valence-corrected chi connectivity index (χ1v) is 8.64. The fourth-order valence-corrected chi connectivity index (χ4v) is 4.60. The summed E-state index contributed by atoms with van der Waals surface area (Å²) in [5.41, 5.74) is 0. The van der Waals surface area contributed by atoms with Crippen LogP contribution in [0.25, 0.3) is 0 Å². The van der Waals surface area contributed by atoms with E-state index in [0.29, 0.717) is 0 Å². The summed E-state index contributed by atoms with van der Waals surface area (Å²) in [5.74, 6) is 0. The molecular formula is H21B19. The highest BCUT2D eigenvalue weighted by atomic mass is 13.2. The average molecular weight is 227 g/mol. The quantitative estimate of drug-likeness (QED) is 0.361. The van der Waals surface area contributed by atoms with E-state index in [-0.39, 0.29) is 0 Å². The van der Waals surface area contributed by atoms with E-state index in [4.69, 9.17) is 0 Å². The summed E-state index contributed by atoms with van der Waals surface area (Å²) in [7, 11) is 25.6. The van der Waals surface area contributed by atoms with Crippen LogP contribution in [-0.2, 0) is 0 Å². The van der Waals surface area contributed by atoms with E-state index >= 15 is 0 Å².